The molecular formula is C19H17FN4O3S. The molecule has 1 aliphatic rings. The molecule has 7 nitrogen and oxygen atoms in total. The number of nitrogens with one attached hydrogen (secondary N) is 1. The predicted octanol–water partition coefficient (Wildman–Crippen LogP) is 3.56. The van der Waals surface area contributed by atoms with E-state index in [1.165, 1.54) is 28.5 Å². The first-order valence-electron chi connectivity index (χ1n) is 8.65. The topological polar surface area (TPSA) is 78.3 Å². The normalized spacial score (nSPS) is 12.2. The number of thioether (sulfide) groups is 1. The molecule has 2 heterocycles. The maximum Gasteiger partial charge on any atom is 0.277 e. The summed E-state index contributed by atoms with van der Waals surface area (Å²) in [5.41, 5.74) is 0.844. The van der Waals surface area contributed by atoms with Crippen LogP contribution in [0.2, 0.25) is 0 Å². The second-order valence-corrected chi connectivity index (χ2v) is 7.00. The molecule has 0 fully saturated rings. The number of benzene rings is 2. The van der Waals surface area contributed by atoms with E-state index < -0.39 is 0 Å². The fourth-order valence-corrected chi connectivity index (χ4v) is 3.53. The van der Waals surface area contributed by atoms with Crippen molar-refractivity contribution in [2.24, 2.45) is 0 Å². The maximum atomic E-state index is 13.0. The molecule has 9 heteroatoms. The zero-order valence-electron chi connectivity index (χ0n) is 15.0. The van der Waals surface area contributed by atoms with Crippen LogP contribution in [0.25, 0.3) is 0 Å². The van der Waals surface area contributed by atoms with Gasteiger partial charge in [-0.3, -0.25) is 9.36 Å². The second-order valence-electron chi connectivity index (χ2n) is 5.96. The van der Waals surface area contributed by atoms with Crippen LogP contribution in [0, 0.1) is 5.82 Å². The summed E-state index contributed by atoms with van der Waals surface area (Å²) < 4.78 is 25.2. The minimum Gasteiger partial charge on any atom is -0.454 e. The average Bonchev–Trinajstić information content (AvgIpc) is 3.17. The average molecular weight is 400 g/mol. The van der Waals surface area contributed by atoms with E-state index in [-0.39, 0.29) is 18.2 Å². The van der Waals surface area contributed by atoms with Crippen molar-refractivity contribution in [2.45, 2.75) is 24.1 Å². The van der Waals surface area contributed by atoms with Gasteiger partial charge in [0, 0.05) is 28.9 Å². The number of rotatable bonds is 6. The molecule has 0 atom stereocenters. The standard InChI is InChI=1S/C19H17FN4O3S/c1-2-24-18(25)15(10-28-14-6-3-12(20)4-7-14)22-23-19(24)21-13-5-8-16-17(9-13)27-11-26-16/h3-9H,2,10-11H2,1H3,(H,21,23). The SMILES string of the molecule is CCn1c(Nc2ccc3c(c2)OCO3)nnc(CSc2ccc(F)cc2)c1=O. The number of hydrogen-bond donors (Lipinski definition) is 1. The van der Waals surface area contributed by atoms with Crippen molar-refractivity contribution in [3.63, 3.8) is 0 Å². The Bertz CT molecular complexity index is 1060. The van der Waals surface area contributed by atoms with Crippen LogP contribution in [0.15, 0.2) is 52.2 Å². The Kier molecular flexibility index (Phi) is 5.16. The lowest BCUT2D eigenvalue weighted by Gasteiger charge is -2.12. The van der Waals surface area contributed by atoms with Gasteiger partial charge in [-0.05, 0) is 43.3 Å². The number of ether oxygens (including phenoxy) is 2. The Morgan fingerprint density at radius 1 is 1.14 bits per heavy atom. The lowest BCUT2D eigenvalue weighted by atomic mass is 10.3. The van der Waals surface area contributed by atoms with Crippen molar-refractivity contribution in [1.82, 2.24) is 14.8 Å². The van der Waals surface area contributed by atoms with Gasteiger partial charge < -0.3 is 14.8 Å². The molecule has 3 aromatic rings. The van der Waals surface area contributed by atoms with Gasteiger partial charge in [-0.1, -0.05) is 0 Å². The van der Waals surface area contributed by atoms with Crippen molar-refractivity contribution < 1.29 is 13.9 Å². The Morgan fingerprint density at radius 3 is 2.71 bits per heavy atom. The molecule has 4 rings (SSSR count). The van der Waals surface area contributed by atoms with E-state index in [9.17, 15) is 9.18 Å². The predicted molar refractivity (Wildman–Crippen MR) is 104 cm³/mol. The molecule has 0 unspecified atom stereocenters. The van der Waals surface area contributed by atoms with Gasteiger partial charge in [-0.25, -0.2) is 4.39 Å². The highest BCUT2D eigenvalue weighted by atomic mass is 32.2. The number of nitrogens with zero attached hydrogens (tertiary/aromatic N) is 3. The van der Waals surface area contributed by atoms with Crippen molar-refractivity contribution in [3.8, 4) is 11.5 Å². The van der Waals surface area contributed by atoms with Gasteiger partial charge >= 0.3 is 0 Å². The van der Waals surface area contributed by atoms with Crippen LogP contribution in [-0.4, -0.2) is 21.6 Å². The third-order valence-electron chi connectivity index (χ3n) is 4.15. The monoisotopic (exact) mass is 400 g/mol. The number of fused-ring (bicyclic) bond motifs is 1. The summed E-state index contributed by atoms with van der Waals surface area (Å²) in [6.07, 6.45) is 0. The van der Waals surface area contributed by atoms with E-state index in [2.05, 4.69) is 15.5 Å². The first kappa shape index (κ1) is 18.3. The van der Waals surface area contributed by atoms with Crippen molar-refractivity contribution >= 4 is 23.4 Å². The lowest BCUT2D eigenvalue weighted by Crippen LogP contribution is -2.27. The van der Waals surface area contributed by atoms with Gasteiger partial charge in [-0.2, -0.15) is 0 Å². The summed E-state index contributed by atoms with van der Waals surface area (Å²) in [5, 5.41) is 11.4. The van der Waals surface area contributed by atoms with E-state index >= 15 is 0 Å². The van der Waals surface area contributed by atoms with Crippen LogP contribution in [0.5, 0.6) is 11.5 Å². The smallest absolute Gasteiger partial charge is 0.277 e. The van der Waals surface area contributed by atoms with Gasteiger partial charge in [0.25, 0.3) is 5.56 Å². The molecule has 0 spiro atoms. The molecule has 144 valence electrons. The Labute approximate surface area is 164 Å². The Balaban J connectivity index is 1.53. The van der Waals surface area contributed by atoms with Crippen molar-refractivity contribution in [1.29, 1.82) is 0 Å². The van der Waals surface area contributed by atoms with Gasteiger partial charge in [0.15, 0.2) is 11.5 Å². The first-order valence-corrected chi connectivity index (χ1v) is 9.64. The van der Waals surface area contributed by atoms with E-state index in [1.54, 1.807) is 24.3 Å². The molecule has 2 aromatic carbocycles. The molecule has 1 N–H and O–H groups in total. The minimum absolute atomic E-state index is 0.193. The van der Waals surface area contributed by atoms with E-state index in [4.69, 9.17) is 9.47 Å². The highest BCUT2D eigenvalue weighted by Crippen LogP contribution is 2.34. The molecular weight excluding hydrogens is 383 g/mol. The third kappa shape index (κ3) is 3.79. The quantitative estimate of drug-likeness (QED) is 0.634. The maximum absolute atomic E-state index is 13.0. The van der Waals surface area contributed by atoms with Crippen LogP contribution >= 0.6 is 11.8 Å². The van der Waals surface area contributed by atoms with Crippen LogP contribution in [-0.2, 0) is 12.3 Å². The summed E-state index contributed by atoms with van der Waals surface area (Å²) in [6.45, 7) is 2.50. The van der Waals surface area contributed by atoms with Gasteiger partial charge in [0.2, 0.25) is 12.7 Å². The molecule has 0 bridgehead atoms. The largest absolute Gasteiger partial charge is 0.454 e. The molecule has 0 aliphatic carbocycles. The molecule has 1 aliphatic heterocycles. The molecule has 1 aromatic heterocycles. The second kappa shape index (κ2) is 7.89. The number of halogens is 1. The number of hydrogen-bond acceptors (Lipinski definition) is 7. The van der Waals surface area contributed by atoms with Crippen molar-refractivity contribution in [3.05, 3.63) is 64.3 Å². The van der Waals surface area contributed by atoms with Gasteiger partial charge in [0.1, 0.15) is 11.5 Å². The molecule has 28 heavy (non-hydrogen) atoms. The minimum atomic E-state index is -0.295. The fourth-order valence-electron chi connectivity index (χ4n) is 2.72. The number of anilines is 2. The number of aromatic nitrogens is 3. The molecule has 0 amide bonds. The fraction of sp³-hybridized carbons (Fsp3) is 0.211. The lowest BCUT2D eigenvalue weighted by molar-refractivity contribution is 0.174. The van der Waals surface area contributed by atoms with Crippen LogP contribution in [0.3, 0.4) is 0 Å². The van der Waals surface area contributed by atoms with E-state index in [1.807, 2.05) is 13.0 Å². The summed E-state index contributed by atoms with van der Waals surface area (Å²) in [7, 11) is 0. The molecule has 0 saturated heterocycles. The molecule has 0 saturated carbocycles. The summed E-state index contributed by atoms with van der Waals surface area (Å²) in [6, 6.07) is 11.5. The third-order valence-corrected chi connectivity index (χ3v) is 5.17. The molecule has 0 radical (unpaired) electrons. The summed E-state index contributed by atoms with van der Waals surface area (Å²) in [5.74, 6) is 1.72. The summed E-state index contributed by atoms with van der Waals surface area (Å²) >= 11 is 1.41. The van der Waals surface area contributed by atoms with Gasteiger partial charge in [-0.15, -0.1) is 22.0 Å². The highest BCUT2D eigenvalue weighted by molar-refractivity contribution is 7.98. The van der Waals surface area contributed by atoms with E-state index in [0.717, 1.165) is 4.90 Å². The van der Waals surface area contributed by atoms with Crippen LogP contribution in [0.4, 0.5) is 16.0 Å². The van der Waals surface area contributed by atoms with Gasteiger partial charge in [0.05, 0.1) is 0 Å². The summed E-state index contributed by atoms with van der Waals surface area (Å²) in [4.78, 5) is 13.6. The zero-order chi connectivity index (χ0) is 19.5. The van der Waals surface area contributed by atoms with Crippen molar-refractivity contribution in [2.75, 3.05) is 12.1 Å². The van der Waals surface area contributed by atoms with Crippen LogP contribution in [0.1, 0.15) is 12.6 Å². The Hall–Kier alpha value is -3.07. The zero-order valence-corrected chi connectivity index (χ0v) is 15.8. The van der Waals surface area contributed by atoms with E-state index in [0.29, 0.717) is 41.1 Å². The highest BCUT2D eigenvalue weighted by Gasteiger charge is 2.15. The Morgan fingerprint density at radius 2 is 1.93 bits per heavy atom. The first-order chi connectivity index (χ1) is 13.6. The van der Waals surface area contributed by atoms with Crippen LogP contribution < -0.4 is 20.3 Å².